The number of aromatic nitrogens is 4. The van der Waals surface area contributed by atoms with Gasteiger partial charge in [0.1, 0.15) is 11.6 Å². The van der Waals surface area contributed by atoms with Crippen molar-refractivity contribution < 1.29 is 0 Å². The lowest BCUT2D eigenvalue weighted by Gasteiger charge is -2.40. The Bertz CT molecular complexity index is 1060. The smallest absolute Gasteiger partial charge is 0.106 e. The van der Waals surface area contributed by atoms with Gasteiger partial charge in [-0.1, -0.05) is 38.1 Å². The van der Waals surface area contributed by atoms with E-state index in [9.17, 15) is 0 Å². The molecule has 2 saturated heterocycles. The summed E-state index contributed by atoms with van der Waals surface area (Å²) in [6.45, 7) is 15.4. The zero-order valence-corrected chi connectivity index (χ0v) is 24.7. The second-order valence-electron chi connectivity index (χ2n) is 12.8. The van der Waals surface area contributed by atoms with Crippen molar-refractivity contribution in [2.75, 3.05) is 52.4 Å². The number of hydrogen-bond acceptors (Lipinski definition) is 6. The largest absolute Gasteiger partial charge is 0.349 e. The highest BCUT2D eigenvalue weighted by Crippen LogP contribution is 2.40. The summed E-state index contributed by atoms with van der Waals surface area (Å²) in [4.78, 5) is 23.4. The minimum atomic E-state index is 0.392. The van der Waals surface area contributed by atoms with Crippen LogP contribution < -0.4 is 5.73 Å². The number of H-pyrrole nitrogens is 2. The molecule has 0 atom stereocenters. The molecular weight excluding hydrogens is 496 g/mol. The molecule has 3 aromatic rings. The lowest BCUT2D eigenvalue weighted by atomic mass is 9.77. The van der Waals surface area contributed by atoms with Crippen LogP contribution in [0.3, 0.4) is 0 Å². The van der Waals surface area contributed by atoms with Crippen molar-refractivity contribution in [3.63, 3.8) is 0 Å². The molecule has 1 spiro atoms. The van der Waals surface area contributed by atoms with Gasteiger partial charge in [0.05, 0.1) is 0 Å². The van der Waals surface area contributed by atoms with Crippen molar-refractivity contribution in [1.82, 2.24) is 34.6 Å². The number of nitrogens with one attached hydrogen (secondary N) is 2. The van der Waals surface area contributed by atoms with Crippen molar-refractivity contribution >= 4 is 0 Å². The molecule has 2 fully saturated rings. The number of rotatable bonds is 14. The number of likely N-dealkylation sites (tertiary alicyclic amines) is 2. The molecule has 0 unspecified atom stereocenters. The van der Waals surface area contributed by atoms with Crippen molar-refractivity contribution in [3.8, 4) is 0 Å². The first kappa shape index (κ1) is 29.0. The van der Waals surface area contributed by atoms with Crippen LogP contribution in [0.1, 0.15) is 55.9 Å². The van der Waals surface area contributed by atoms with E-state index < -0.39 is 0 Å². The highest BCUT2D eigenvalue weighted by atomic mass is 15.2. The molecule has 2 aromatic heterocycles. The summed E-state index contributed by atoms with van der Waals surface area (Å²) in [5.74, 6) is 3.21. The molecule has 8 nitrogen and oxygen atoms in total. The molecule has 0 bridgehead atoms. The van der Waals surface area contributed by atoms with Crippen LogP contribution in [-0.4, -0.2) is 87.0 Å². The summed E-state index contributed by atoms with van der Waals surface area (Å²) >= 11 is 0. The first-order valence-corrected chi connectivity index (χ1v) is 15.4. The number of piperidine rings is 1. The fourth-order valence-corrected chi connectivity index (χ4v) is 6.91. The Labute approximate surface area is 240 Å². The Hall–Kier alpha value is -2.52. The molecule has 4 N–H and O–H groups in total. The Morgan fingerprint density at radius 3 is 2.05 bits per heavy atom. The molecule has 2 aliphatic rings. The molecule has 40 heavy (non-hydrogen) atoms. The first-order valence-electron chi connectivity index (χ1n) is 15.4. The van der Waals surface area contributed by atoms with Crippen molar-refractivity contribution in [2.24, 2.45) is 23.0 Å². The predicted octanol–water partition coefficient (Wildman–Crippen LogP) is 3.94. The Morgan fingerprint density at radius 2 is 1.50 bits per heavy atom. The zero-order chi connectivity index (χ0) is 27.8. The van der Waals surface area contributed by atoms with Crippen LogP contribution in [0, 0.1) is 17.3 Å². The Balaban J connectivity index is 1.13. The molecule has 0 aliphatic carbocycles. The molecule has 2 aliphatic heterocycles. The maximum absolute atomic E-state index is 6.05. The molecule has 4 heterocycles. The van der Waals surface area contributed by atoms with Crippen molar-refractivity contribution in [1.29, 1.82) is 0 Å². The lowest BCUT2D eigenvalue weighted by Crippen LogP contribution is -2.42. The molecule has 8 heteroatoms. The van der Waals surface area contributed by atoms with Gasteiger partial charge >= 0.3 is 0 Å². The molecule has 218 valence electrons. The number of imidazole rings is 2. The van der Waals surface area contributed by atoms with Crippen LogP contribution in [0.4, 0.5) is 0 Å². The third kappa shape index (κ3) is 8.26. The fraction of sp³-hybridized carbons (Fsp3) is 0.625. The summed E-state index contributed by atoms with van der Waals surface area (Å²) in [7, 11) is 0. The summed E-state index contributed by atoms with van der Waals surface area (Å²) in [5.41, 5.74) is 9.38. The first-order chi connectivity index (χ1) is 19.5. The second kappa shape index (κ2) is 13.9. The average Bonchev–Trinajstić information content (AvgIpc) is 3.71. The summed E-state index contributed by atoms with van der Waals surface area (Å²) in [5, 5.41) is 0. The van der Waals surface area contributed by atoms with Crippen molar-refractivity contribution in [2.45, 2.75) is 59.0 Å². The number of nitrogens with two attached hydrogens (primary N) is 1. The van der Waals surface area contributed by atoms with Crippen LogP contribution in [-0.2, 0) is 25.9 Å². The van der Waals surface area contributed by atoms with E-state index in [1.54, 1.807) is 0 Å². The molecule has 5 rings (SSSR count). The van der Waals surface area contributed by atoms with Gasteiger partial charge in [0, 0.05) is 83.4 Å². The number of aromatic amines is 2. The maximum atomic E-state index is 6.05. The van der Waals surface area contributed by atoms with Gasteiger partial charge in [0.2, 0.25) is 0 Å². The summed E-state index contributed by atoms with van der Waals surface area (Å²) in [6, 6.07) is 9.33. The fourth-order valence-electron chi connectivity index (χ4n) is 6.91. The zero-order valence-electron chi connectivity index (χ0n) is 24.7. The highest BCUT2D eigenvalue weighted by Gasteiger charge is 2.40. The van der Waals surface area contributed by atoms with Gasteiger partial charge in [-0.2, -0.15) is 0 Å². The third-order valence-corrected chi connectivity index (χ3v) is 8.93. The third-order valence-electron chi connectivity index (χ3n) is 8.93. The minimum absolute atomic E-state index is 0.392. The molecule has 0 radical (unpaired) electrons. The van der Waals surface area contributed by atoms with Crippen LogP contribution in [0.5, 0.6) is 0 Å². The normalized spacial score (nSPS) is 18.1. The van der Waals surface area contributed by atoms with Gasteiger partial charge in [-0.3, -0.25) is 9.80 Å². The average molecular weight is 547 g/mol. The Kier molecular flexibility index (Phi) is 10.1. The van der Waals surface area contributed by atoms with E-state index in [1.165, 1.54) is 63.1 Å². The highest BCUT2D eigenvalue weighted by molar-refractivity contribution is 5.23. The Morgan fingerprint density at radius 1 is 0.900 bits per heavy atom. The van der Waals surface area contributed by atoms with Crippen LogP contribution in [0.25, 0.3) is 0 Å². The van der Waals surface area contributed by atoms with Gasteiger partial charge in [-0.05, 0) is 67.3 Å². The van der Waals surface area contributed by atoms with E-state index in [1.807, 2.05) is 24.8 Å². The van der Waals surface area contributed by atoms with E-state index in [0.717, 1.165) is 56.6 Å². The summed E-state index contributed by atoms with van der Waals surface area (Å²) < 4.78 is 0. The van der Waals surface area contributed by atoms with Gasteiger partial charge in [0.15, 0.2) is 0 Å². The monoisotopic (exact) mass is 546 g/mol. The van der Waals surface area contributed by atoms with E-state index in [2.05, 4.69) is 72.7 Å². The van der Waals surface area contributed by atoms with Gasteiger partial charge in [-0.25, -0.2) is 9.97 Å². The standard InChI is InChI=1S/C32H50N8/c1-26(2)21-38-15-7-32(8-16-38)9-17-40(25-32)23-28-5-3-27(4-6-28)22-39(18-10-33)24-29(19-30-34-11-12-35-30)20-31-36-13-14-37-31/h3-6,11-14,26,29H,7-10,15-25,33H2,1-2H3,(H,34,35)(H,36,37). The van der Waals surface area contributed by atoms with E-state index in [4.69, 9.17) is 5.73 Å². The molecule has 0 saturated carbocycles. The molecule has 1 aromatic carbocycles. The van der Waals surface area contributed by atoms with Gasteiger partial charge < -0.3 is 20.6 Å². The van der Waals surface area contributed by atoms with Crippen LogP contribution in [0.2, 0.25) is 0 Å². The van der Waals surface area contributed by atoms with E-state index in [0.29, 0.717) is 17.9 Å². The number of hydrogen-bond donors (Lipinski definition) is 3. The molecule has 0 amide bonds. The minimum Gasteiger partial charge on any atom is -0.349 e. The molecular formula is C32H50N8. The number of benzene rings is 1. The predicted molar refractivity (Wildman–Crippen MR) is 162 cm³/mol. The van der Waals surface area contributed by atoms with Crippen LogP contribution >= 0.6 is 0 Å². The number of nitrogens with zero attached hydrogens (tertiary/aromatic N) is 5. The van der Waals surface area contributed by atoms with Crippen LogP contribution in [0.15, 0.2) is 49.1 Å². The lowest BCUT2D eigenvalue weighted by molar-refractivity contribution is 0.0984. The maximum Gasteiger partial charge on any atom is 0.106 e. The topological polar surface area (TPSA) is 93.1 Å². The quantitative estimate of drug-likeness (QED) is 0.284. The summed E-state index contributed by atoms with van der Waals surface area (Å²) in [6.07, 6.45) is 13.3. The van der Waals surface area contributed by atoms with Gasteiger partial charge in [-0.15, -0.1) is 0 Å². The second-order valence-corrected chi connectivity index (χ2v) is 12.8. The van der Waals surface area contributed by atoms with Gasteiger partial charge in [0.25, 0.3) is 0 Å². The van der Waals surface area contributed by atoms with Crippen molar-refractivity contribution in [3.05, 3.63) is 71.8 Å². The SMILES string of the molecule is CC(C)CN1CCC2(CC1)CCN(Cc1ccc(CN(CCN)CC(Cc3ncc[nH]3)Cc3ncc[nH]3)cc1)C2. The van der Waals surface area contributed by atoms with E-state index >= 15 is 0 Å². The van der Waals surface area contributed by atoms with E-state index in [-0.39, 0.29) is 0 Å².